The minimum atomic E-state index is -0.517. The highest BCUT2D eigenvalue weighted by atomic mass is 35.5. The summed E-state index contributed by atoms with van der Waals surface area (Å²) in [6.07, 6.45) is 1.89. The second-order valence-electron chi connectivity index (χ2n) is 7.64. The molecule has 31 heavy (non-hydrogen) atoms. The van der Waals surface area contributed by atoms with Crippen LogP contribution >= 0.6 is 11.6 Å². The van der Waals surface area contributed by atoms with Gasteiger partial charge in [0, 0.05) is 23.0 Å². The van der Waals surface area contributed by atoms with Crippen LogP contribution in [-0.4, -0.2) is 49.8 Å². The molecule has 2 aromatic rings. The van der Waals surface area contributed by atoms with Crippen LogP contribution < -0.4 is 14.8 Å². The molecule has 0 bridgehead atoms. The molecule has 2 aliphatic heterocycles. The zero-order valence-electron chi connectivity index (χ0n) is 17.1. The van der Waals surface area contributed by atoms with E-state index in [9.17, 15) is 9.59 Å². The number of carbonyl (C=O) groups excluding carboxylic acids is 2. The lowest BCUT2D eigenvalue weighted by Gasteiger charge is -2.31. The van der Waals surface area contributed by atoms with Gasteiger partial charge in [0.05, 0.1) is 12.3 Å². The first-order valence-corrected chi connectivity index (χ1v) is 10.8. The molecule has 0 unspecified atom stereocenters. The molecule has 1 fully saturated rings. The van der Waals surface area contributed by atoms with E-state index in [2.05, 4.69) is 10.2 Å². The highest BCUT2D eigenvalue weighted by Gasteiger charge is 2.25. The second kappa shape index (κ2) is 10.0. The lowest BCUT2D eigenvalue weighted by atomic mass is 9.89. The monoisotopic (exact) mass is 444 g/mol. The van der Waals surface area contributed by atoms with E-state index in [1.54, 1.807) is 42.5 Å². The van der Waals surface area contributed by atoms with Gasteiger partial charge in [-0.25, -0.2) is 4.79 Å². The van der Waals surface area contributed by atoms with Crippen LogP contribution in [-0.2, 0) is 4.74 Å². The van der Waals surface area contributed by atoms with Crippen LogP contribution in [0.25, 0.3) is 0 Å². The molecule has 0 saturated carbocycles. The lowest BCUT2D eigenvalue weighted by molar-refractivity contribution is 0.0830. The van der Waals surface area contributed by atoms with E-state index in [1.807, 2.05) is 0 Å². The Morgan fingerprint density at radius 1 is 1.10 bits per heavy atom. The van der Waals surface area contributed by atoms with Gasteiger partial charge in [0.15, 0.2) is 17.3 Å². The molecule has 0 radical (unpaired) electrons. The number of likely N-dealkylation sites (tertiary alicyclic amines) is 1. The number of nitrogens with zero attached hydrogens (tertiary/aromatic N) is 1. The fourth-order valence-electron chi connectivity index (χ4n) is 3.90. The molecule has 2 heterocycles. The second-order valence-corrected chi connectivity index (χ2v) is 8.08. The summed E-state index contributed by atoms with van der Waals surface area (Å²) in [4.78, 5) is 27.0. The van der Waals surface area contributed by atoms with E-state index in [0.717, 1.165) is 44.5 Å². The molecule has 1 N–H and O–H groups in total. The first kappa shape index (κ1) is 21.5. The van der Waals surface area contributed by atoms with Crippen LogP contribution in [0.2, 0.25) is 5.02 Å². The third-order valence-corrected chi connectivity index (χ3v) is 5.82. The summed E-state index contributed by atoms with van der Waals surface area (Å²) >= 11 is 5.90. The normalized spacial score (nSPS) is 16.2. The van der Waals surface area contributed by atoms with E-state index in [-0.39, 0.29) is 18.5 Å². The molecule has 4 rings (SSSR count). The van der Waals surface area contributed by atoms with Crippen molar-refractivity contribution in [2.75, 3.05) is 38.4 Å². The van der Waals surface area contributed by atoms with Gasteiger partial charge in [0.2, 0.25) is 6.79 Å². The minimum Gasteiger partial charge on any atom is -0.454 e. The van der Waals surface area contributed by atoms with Gasteiger partial charge >= 0.3 is 6.09 Å². The van der Waals surface area contributed by atoms with E-state index in [1.165, 1.54) is 0 Å². The lowest BCUT2D eigenvalue weighted by Crippen LogP contribution is -2.37. The predicted octanol–water partition coefficient (Wildman–Crippen LogP) is 4.60. The summed E-state index contributed by atoms with van der Waals surface area (Å²) in [5.74, 6) is 1.38. The number of Topliss-reactive ketones (excluding diaryl/α,β-unsaturated/α-hetero) is 1. The molecule has 0 aliphatic carbocycles. The van der Waals surface area contributed by atoms with Crippen molar-refractivity contribution in [2.24, 2.45) is 5.92 Å². The van der Waals surface area contributed by atoms with E-state index in [0.29, 0.717) is 28.8 Å². The maximum atomic E-state index is 12.6. The summed E-state index contributed by atoms with van der Waals surface area (Å²) in [7, 11) is 0. The maximum Gasteiger partial charge on any atom is 0.411 e. The van der Waals surface area contributed by atoms with Gasteiger partial charge in [0.1, 0.15) is 0 Å². The molecule has 7 nitrogen and oxygen atoms in total. The Morgan fingerprint density at radius 3 is 2.65 bits per heavy atom. The number of hydrogen-bond acceptors (Lipinski definition) is 6. The van der Waals surface area contributed by atoms with Crippen molar-refractivity contribution in [1.29, 1.82) is 0 Å². The van der Waals surface area contributed by atoms with Crippen LogP contribution in [0.3, 0.4) is 0 Å². The fraction of sp³-hybridized carbons (Fsp3) is 0.391. The van der Waals surface area contributed by atoms with Crippen LogP contribution in [0.5, 0.6) is 11.5 Å². The largest absolute Gasteiger partial charge is 0.454 e. The van der Waals surface area contributed by atoms with Gasteiger partial charge < -0.3 is 19.1 Å². The molecular weight excluding hydrogens is 420 g/mol. The Kier molecular flexibility index (Phi) is 6.94. The SMILES string of the molecule is O=C(Nc1cccc2c1OCO2)OCCCN1CCC(C(=O)c2ccc(Cl)cc2)CC1. The van der Waals surface area contributed by atoms with Crippen molar-refractivity contribution in [3.63, 3.8) is 0 Å². The number of rotatable bonds is 7. The third-order valence-electron chi connectivity index (χ3n) is 5.57. The molecule has 0 spiro atoms. The predicted molar refractivity (Wildman–Crippen MR) is 117 cm³/mol. The first-order valence-electron chi connectivity index (χ1n) is 10.4. The molecular formula is C23H25ClN2O5. The summed E-state index contributed by atoms with van der Waals surface area (Å²) in [6, 6.07) is 12.4. The molecule has 2 aliphatic rings. The van der Waals surface area contributed by atoms with Gasteiger partial charge in [-0.2, -0.15) is 0 Å². The fourth-order valence-corrected chi connectivity index (χ4v) is 4.02. The zero-order chi connectivity index (χ0) is 21.6. The Morgan fingerprint density at radius 2 is 1.87 bits per heavy atom. The van der Waals surface area contributed by atoms with Gasteiger partial charge in [-0.15, -0.1) is 0 Å². The van der Waals surface area contributed by atoms with Crippen molar-refractivity contribution in [1.82, 2.24) is 4.90 Å². The van der Waals surface area contributed by atoms with E-state index >= 15 is 0 Å². The maximum absolute atomic E-state index is 12.6. The van der Waals surface area contributed by atoms with Gasteiger partial charge in [-0.3, -0.25) is 10.1 Å². The number of amides is 1. The molecule has 0 atom stereocenters. The summed E-state index contributed by atoms with van der Waals surface area (Å²) in [5, 5.41) is 3.33. The number of ketones is 1. The Balaban J connectivity index is 1.14. The number of halogens is 1. The standard InChI is InChI=1S/C23H25ClN2O5/c24-18-7-5-16(6-8-18)21(27)17-9-12-26(13-10-17)11-2-14-29-23(28)25-19-3-1-4-20-22(19)31-15-30-20/h1,3-8,17H,2,9-15H2,(H,25,28). The van der Waals surface area contributed by atoms with E-state index < -0.39 is 6.09 Å². The number of piperidine rings is 1. The number of anilines is 1. The molecule has 1 amide bonds. The zero-order valence-corrected chi connectivity index (χ0v) is 17.9. The summed E-state index contributed by atoms with van der Waals surface area (Å²) in [6.45, 7) is 3.02. The highest BCUT2D eigenvalue weighted by molar-refractivity contribution is 6.30. The van der Waals surface area contributed by atoms with Crippen molar-refractivity contribution in [3.05, 3.63) is 53.1 Å². The number of nitrogens with one attached hydrogen (secondary N) is 1. The first-order chi connectivity index (χ1) is 15.1. The van der Waals surface area contributed by atoms with Crippen LogP contribution in [0, 0.1) is 5.92 Å². The number of ether oxygens (including phenoxy) is 3. The average molecular weight is 445 g/mol. The van der Waals surface area contributed by atoms with Crippen LogP contribution in [0.15, 0.2) is 42.5 Å². The average Bonchev–Trinajstić information content (AvgIpc) is 3.27. The topological polar surface area (TPSA) is 77.1 Å². The van der Waals surface area contributed by atoms with Gasteiger partial charge in [-0.05, 0) is 68.8 Å². The number of hydrogen-bond donors (Lipinski definition) is 1. The summed E-state index contributed by atoms with van der Waals surface area (Å²) < 4.78 is 15.9. The van der Waals surface area contributed by atoms with Crippen LogP contribution in [0.1, 0.15) is 29.6 Å². The number of fused-ring (bicyclic) bond motifs is 1. The highest BCUT2D eigenvalue weighted by Crippen LogP contribution is 2.38. The van der Waals surface area contributed by atoms with Crippen molar-refractivity contribution in [3.8, 4) is 11.5 Å². The Bertz CT molecular complexity index is 926. The molecule has 0 aromatic heterocycles. The third kappa shape index (κ3) is 5.48. The summed E-state index contributed by atoms with van der Waals surface area (Å²) in [5.41, 5.74) is 1.26. The molecule has 1 saturated heterocycles. The Hall–Kier alpha value is -2.77. The molecule has 8 heteroatoms. The van der Waals surface area contributed by atoms with Crippen molar-refractivity contribution in [2.45, 2.75) is 19.3 Å². The Labute approximate surface area is 186 Å². The van der Waals surface area contributed by atoms with Crippen molar-refractivity contribution < 1.29 is 23.8 Å². The van der Waals surface area contributed by atoms with Gasteiger partial charge in [-0.1, -0.05) is 17.7 Å². The number of carbonyl (C=O) groups is 2. The van der Waals surface area contributed by atoms with Crippen molar-refractivity contribution >= 4 is 29.2 Å². The van der Waals surface area contributed by atoms with E-state index in [4.69, 9.17) is 25.8 Å². The number of benzene rings is 2. The number of para-hydroxylation sites is 1. The smallest absolute Gasteiger partial charge is 0.411 e. The molecule has 2 aromatic carbocycles. The van der Waals surface area contributed by atoms with Gasteiger partial charge in [0.25, 0.3) is 0 Å². The quantitative estimate of drug-likeness (QED) is 0.496. The molecule has 164 valence electrons. The van der Waals surface area contributed by atoms with Crippen LogP contribution in [0.4, 0.5) is 10.5 Å². The minimum absolute atomic E-state index is 0.0539.